The number of aromatic amines is 1. The van der Waals surface area contributed by atoms with E-state index in [4.69, 9.17) is 0 Å². The van der Waals surface area contributed by atoms with Crippen molar-refractivity contribution in [2.45, 2.75) is 29.6 Å². The molecule has 4 rings (SSSR count). The van der Waals surface area contributed by atoms with E-state index >= 15 is 0 Å². The summed E-state index contributed by atoms with van der Waals surface area (Å²) in [5.41, 5.74) is 1.81. The molecule has 0 saturated carbocycles. The molecular weight excluding hydrogens is 435 g/mol. The van der Waals surface area contributed by atoms with Gasteiger partial charge in [0.25, 0.3) is 5.91 Å². The minimum atomic E-state index is -3.96. The molecular formula is C23H19FN2O5S. The van der Waals surface area contributed by atoms with Crippen molar-refractivity contribution >= 4 is 39.1 Å². The maximum absolute atomic E-state index is 13.8. The quantitative estimate of drug-likeness (QED) is 0.490. The Morgan fingerprint density at radius 1 is 1.16 bits per heavy atom. The number of carbonyl (C=O) groups is 2. The number of carboxylic acid groups (broad SMARTS) is 1. The van der Waals surface area contributed by atoms with Crippen molar-refractivity contribution in [2.75, 3.05) is 5.32 Å². The first kappa shape index (κ1) is 21.5. The van der Waals surface area contributed by atoms with Crippen molar-refractivity contribution in [3.8, 4) is 0 Å². The Morgan fingerprint density at radius 3 is 2.56 bits per heavy atom. The van der Waals surface area contributed by atoms with E-state index in [1.807, 2.05) is 0 Å². The van der Waals surface area contributed by atoms with Crippen LogP contribution in [0.5, 0.6) is 0 Å². The Labute approximate surface area is 183 Å². The molecule has 0 atom stereocenters. The van der Waals surface area contributed by atoms with Gasteiger partial charge in [-0.1, -0.05) is 18.2 Å². The fourth-order valence-electron chi connectivity index (χ4n) is 3.82. The van der Waals surface area contributed by atoms with Gasteiger partial charge >= 0.3 is 5.97 Å². The highest BCUT2D eigenvalue weighted by Crippen LogP contribution is 2.36. The van der Waals surface area contributed by atoms with Gasteiger partial charge in [0.2, 0.25) is 9.84 Å². The molecule has 3 aromatic rings. The van der Waals surface area contributed by atoms with Crippen molar-refractivity contribution in [3.05, 3.63) is 76.9 Å². The van der Waals surface area contributed by atoms with Crippen LogP contribution in [-0.4, -0.2) is 30.4 Å². The number of sulfone groups is 1. The number of benzene rings is 2. The van der Waals surface area contributed by atoms with Gasteiger partial charge in [-0.15, -0.1) is 0 Å². The number of amides is 1. The van der Waals surface area contributed by atoms with Crippen LogP contribution in [0.2, 0.25) is 0 Å². The molecule has 7 nitrogen and oxygen atoms in total. The van der Waals surface area contributed by atoms with Crippen molar-refractivity contribution in [1.82, 2.24) is 4.98 Å². The third-order valence-corrected chi connectivity index (χ3v) is 7.21. The van der Waals surface area contributed by atoms with E-state index in [1.165, 1.54) is 36.4 Å². The lowest BCUT2D eigenvalue weighted by atomic mass is 10.0. The highest BCUT2D eigenvalue weighted by Gasteiger charge is 2.30. The smallest absolute Gasteiger partial charge is 0.303 e. The number of rotatable bonds is 6. The average molecular weight is 454 g/mol. The summed E-state index contributed by atoms with van der Waals surface area (Å²) in [6.07, 6.45) is 1.06. The molecule has 9 heteroatoms. The maximum atomic E-state index is 13.8. The first-order valence-electron chi connectivity index (χ1n) is 9.75. The van der Waals surface area contributed by atoms with Crippen LogP contribution in [-0.2, 0) is 25.8 Å². The molecule has 1 amide bonds. The molecule has 164 valence electrons. The number of aryl methyl sites for hydroxylation is 1. The minimum absolute atomic E-state index is 0.0188. The molecule has 0 unspecified atom stereocenters. The van der Waals surface area contributed by atoms with Crippen LogP contribution in [0.3, 0.4) is 0 Å². The molecule has 32 heavy (non-hydrogen) atoms. The molecule has 0 fully saturated rings. The van der Waals surface area contributed by atoms with Gasteiger partial charge in [0.05, 0.1) is 15.4 Å². The molecule has 0 radical (unpaired) electrons. The number of hydrogen-bond donors (Lipinski definition) is 3. The van der Waals surface area contributed by atoms with Crippen molar-refractivity contribution < 1.29 is 27.5 Å². The van der Waals surface area contributed by atoms with Crippen molar-refractivity contribution in [1.29, 1.82) is 0 Å². The zero-order valence-electron chi connectivity index (χ0n) is 17.0. The van der Waals surface area contributed by atoms with Crippen LogP contribution in [0.15, 0.2) is 58.3 Å². The first-order chi connectivity index (χ1) is 15.2. The Hall–Kier alpha value is -3.72. The number of nitrogens with one attached hydrogen (secondary N) is 2. The molecule has 1 aromatic heterocycles. The summed E-state index contributed by atoms with van der Waals surface area (Å²) >= 11 is 0. The molecule has 0 bridgehead atoms. The summed E-state index contributed by atoms with van der Waals surface area (Å²) in [6, 6.07) is 11.7. The maximum Gasteiger partial charge on any atom is 0.303 e. The number of aliphatic carboxylic acids is 1. The monoisotopic (exact) mass is 454 g/mol. The predicted octanol–water partition coefficient (Wildman–Crippen LogP) is 3.80. The Kier molecular flexibility index (Phi) is 5.43. The van der Waals surface area contributed by atoms with Gasteiger partial charge in [-0.25, -0.2) is 12.8 Å². The van der Waals surface area contributed by atoms with E-state index in [0.717, 1.165) is 0 Å². The number of carboxylic acids is 1. The average Bonchev–Trinajstić information content (AvgIpc) is 3.23. The normalized spacial score (nSPS) is 14.4. The van der Waals surface area contributed by atoms with Crippen LogP contribution in [0.1, 0.15) is 28.9 Å². The predicted molar refractivity (Wildman–Crippen MR) is 116 cm³/mol. The molecule has 2 aromatic carbocycles. The van der Waals surface area contributed by atoms with E-state index in [0.29, 0.717) is 22.6 Å². The number of aromatic nitrogens is 1. The zero-order chi connectivity index (χ0) is 23.0. The van der Waals surface area contributed by atoms with Crippen LogP contribution in [0, 0.1) is 12.7 Å². The Bertz CT molecular complexity index is 1370. The lowest BCUT2D eigenvalue weighted by molar-refractivity contribution is -0.137. The zero-order valence-corrected chi connectivity index (χ0v) is 17.8. The van der Waals surface area contributed by atoms with E-state index in [2.05, 4.69) is 10.3 Å². The number of anilines is 1. The van der Waals surface area contributed by atoms with Crippen LogP contribution >= 0.6 is 0 Å². The lowest BCUT2D eigenvalue weighted by Crippen LogP contribution is -2.08. The summed E-state index contributed by atoms with van der Waals surface area (Å²) in [6.45, 7) is 1.57. The standard InChI is InChI=1S/C23H19FN2O5S/c1-13-22(32(30,31)15-5-3-2-4-6-15)16(8-10-21(27)28)20(25-13)12-18-17-11-14(24)7-9-19(17)26-23(18)29/h2-7,9,11-12,25H,8,10H2,1H3,(H,26,29)(H,27,28)/b18-12-. The minimum Gasteiger partial charge on any atom is -0.481 e. The summed E-state index contributed by atoms with van der Waals surface area (Å²) in [4.78, 5) is 26.8. The van der Waals surface area contributed by atoms with Gasteiger partial charge in [-0.2, -0.15) is 0 Å². The van der Waals surface area contributed by atoms with Crippen LogP contribution < -0.4 is 5.32 Å². The molecule has 2 heterocycles. The molecule has 3 N–H and O–H groups in total. The van der Waals surface area contributed by atoms with E-state index in [-0.39, 0.29) is 33.8 Å². The summed E-state index contributed by atoms with van der Waals surface area (Å²) < 4.78 is 40.5. The highest BCUT2D eigenvalue weighted by atomic mass is 32.2. The van der Waals surface area contributed by atoms with Crippen LogP contribution in [0.25, 0.3) is 11.6 Å². The third-order valence-electron chi connectivity index (χ3n) is 5.23. The van der Waals surface area contributed by atoms with E-state index in [1.54, 1.807) is 25.1 Å². The molecule has 0 spiro atoms. The summed E-state index contributed by atoms with van der Waals surface area (Å²) in [7, 11) is -3.96. The molecule has 1 aliphatic heterocycles. The number of hydrogen-bond acceptors (Lipinski definition) is 4. The second kappa shape index (κ2) is 8.08. The topological polar surface area (TPSA) is 116 Å². The van der Waals surface area contributed by atoms with Crippen LogP contribution in [0.4, 0.5) is 10.1 Å². The number of fused-ring (bicyclic) bond motifs is 1. The number of halogens is 1. The SMILES string of the molecule is Cc1[nH]c(/C=C2\C(=O)Nc3ccc(F)cc32)c(CCC(=O)O)c1S(=O)(=O)c1ccccc1. The van der Waals surface area contributed by atoms with Gasteiger partial charge in [0, 0.05) is 29.1 Å². The number of H-pyrrole nitrogens is 1. The summed E-state index contributed by atoms with van der Waals surface area (Å²) in [5, 5.41) is 11.8. The molecule has 1 aliphatic rings. The molecule has 0 aliphatic carbocycles. The highest BCUT2D eigenvalue weighted by molar-refractivity contribution is 7.91. The Balaban J connectivity index is 1.90. The fourth-order valence-corrected chi connectivity index (χ4v) is 5.56. The van der Waals surface area contributed by atoms with Gasteiger partial charge in [-0.05, 0) is 55.3 Å². The third kappa shape index (κ3) is 3.82. The largest absolute Gasteiger partial charge is 0.481 e. The fraction of sp³-hybridized carbons (Fsp3) is 0.130. The summed E-state index contributed by atoms with van der Waals surface area (Å²) in [5.74, 6) is -2.07. The van der Waals surface area contributed by atoms with E-state index in [9.17, 15) is 27.5 Å². The van der Waals surface area contributed by atoms with Gasteiger partial charge in [0.1, 0.15) is 5.82 Å². The number of carbonyl (C=O) groups excluding carboxylic acids is 1. The molecule has 0 saturated heterocycles. The second-order valence-corrected chi connectivity index (χ2v) is 9.27. The van der Waals surface area contributed by atoms with Gasteiger partial charge in [0.15, 0.2) is 0 Å². The first-order valence-corrected chi connectivity index (χ1v) is 11.2. The van der Waals surface area contributed by atoms with Gasteiger partial charge in [-0.3, -0.25) is 9.59 Å². The van der Waals surface area contributed by atoms with Gasteiger partial charge < -0.3 is 15.4 Å². The second-order valence-electron chi connectivity index (χ2n) is 7.38. The van der Waals surface area contributed by atoms with Crippen molar-refractivity contribution in [3.63, 3.8) is 0 Å². The van der Waals surface area contributed by atoms with E-state index < -0.39 is 27.5 Å². The Morgan fingerprint density at radius 2 is 1.88 bits per heavy atom. The van der Waals surface area contributed by atoms with Crippen molar-refractivity contribution in [2.24, 2.45) is 0 Å². The lowest BCUT2D eigenvalue weighted by Gasteiger charge is -2.08.